The van der Waals surface area contributed by atoms with E-state index in [1.165, 1.54) is 0 Å². The van der Waals surface area contributed by atoms with Gasteiger partial charge in [-0.15, -0.1) is 0 Å². The fourth-order valence-electron chi connectivity index (χ4n) is 3.50. The van der Waals surface area contributed by atoms with E-state index >= 15 is 0 Å². The first-order valence-electron chi connectivity index (χ1n) is 9.80. The SMILES string of the molecule is COc1ccc(-c2noc(C3CCCCN3C(=O)COc3cccc(Cl)c3)n2)cc1. The maximum atomic E-state index is 12.9. The Labute approximate surface area is 179 Å². The van der Waals surface area contributed by atoms with E-state index in [0.717, 1.165) is 30.6 Å². The molecule has 156 valence electrons. The molecule has 2 heterocycles. The third-order valence-corrected chi connectivity index (χ3v) is 5.29. The van der Waals surface area contributed by atoms with Crippen molar-refractivity contribution < 1.29 is 18.8 Å². The third-order valence-electron chi connectivity index (χ3n) is 5.06. The van der Waals surface area contributed by atoms with Gasteiger partial charge in [0.2, 0.25) is 11.7 Å². The van der Waals surface area contributed by atoms with Gasteiger partial charge in [0.05, 0.1) is 7.11 Å². The summed E-state index contributed by atoms with van der Waals surface area (Å²) in [5.41, 5.74) is 0.823. The van der Waals surface area contributed by atoms with Crippen molar-refractivity contribution >= 4 is 17.5 Å². The first kappa shape index (κ1) is 20.2. The molecule has 7 nitrogen and oxygen atoms in total. The van der Waals surface area contributed by atoms with Crippen LogP contribution in [0.5, 0.6) is 11.5 Å². The molecule has 0 bridgehead atoms. The summed E-state index contributed by atoms with van der Waals surface area (Å²) < 4.78 is 16.3. The summed E-state index contributed by atoms with van der Waals surface area (Å²) in [6, 6.07) is 14.2. The standard InChI is InChI=1S/C22H22ClN3O4/c1-28-17-10-8-15(9-11-17)21-24-22(30-25-21)19-7-2-3-12-26(19)20(27)14-29-18-6-4-5-16(23)13-18/h4-6,8-11,13,19H,2-3,7,12,14H2,1H3. The zero-order valence-corrected chi connectivity index (χ0v) is 17.3. The number of rotatable bonds is 6. The second-order valence-electron chi connectivity index (χ2n) is 7.03. The van der Waals surface area contributed by atoms with E-state index in [1.807, 2.05) is 24.3 Å². The highest BCUT2D eigenvalue weighted by molar-refractivity contribution is 6.30. The Balaban J connectivity index is 1.46. The van der Waals surface area contributed by atoms with Gasteiger partial charge in [-0.05, 0) is 61.7 Å². The van der Waals surface area contributed by atoms with Gasteiger partial charge in [-0.25, -0.2) is 0 Å². The van der Waals surface area contributed by atoms with Crippen LogP contribution >= 0.6 is 11.6 Å². The number of hydrogen-bond donors (Lipinski definition) is 0. The number of methoxy groups -OCH3 is 1. The van der Waals surface area contributed by atoms with E-state index in [2.05, 4.69) is 10.1 Å². The molecule has 8 heteroatoms. The predicted molar refractivity (Wildman–Crippen MR) is 112 cm³/mol. The molecule has 0 saturated carbocycles. The number of aromatic nitrogens is 2. The molecular weight excluding hydrogens is 406 g/mol. The molecule has 1 aliphatic rings. The molecule has 2 aromatic carbocycles. The van der Waals surface area contributed by atoms with Crippen LogP contribution in [0, 0.1) is 0 Å². The molecule has 1 unspecified atom stereocenters. The van der Waals surface area contributed by atoms with Gasteiger partial charge in [-0.3, -0.25) is 4.79 Å². The average Bonchev–Trinajstić information content (AvgIpc) is 3.28. The molecule has 1 aliphatic heterocycles. The molecular formula is C22H22ClN3O4. The number of benzene rings is 2. The van der Waals surface area contributed by atoms with Gasteiger partial charge in [0.25, 0.3) is 5.91 Å². The van der Waals surface area contributed by atoms with Crippen LogP contribution in [0.15, 0.2) is 53.1 Å². The molecule has 4 rings (SSSR count). The lowest BCUT2D eigenvalue weighted by Gasteiger charge is -2.33. The van der Waals surface area contributed by atoms with Crippen molar-refractivity contribution in [2.75, 3.05) is 20.3 Å². The summed E-state index contributed by atoms with van der Waals surface area (Å²) in [6.45, 7) is 0.555. The maximum absolute atomic E-state index is 12.9. The van der Waals surface area contributed by atoms with E-state index in [-0.39, 0.29) is 18.6 Å². The molecule has 3 aromatic rings. The molecule has 1 amide bonds. The van der Waals surface area contributed by atoms with Crippen molar-refractivity contribution in [1.29, 1.82) is 0 Å². The maximum Gasteiger partial charge on any atom is 0.261 e. The van der Waals surface area contributed by atoms with Crippen molar-refractivity contribution in [1.82, 2.24) is 15.0 Å². The fraction of sp³-hybridized carbons (Fsp3) is 0.318. The topological polar surface area (TPSA) is 77.7 Å². The number of likely N-dealkylation sites (tertiary alicyclic amines) is 1. The zero-order valence-electron chi connectivity index (χ0n) is 16.6. The Kier molecular flexibility index (Phi) is 6.18. The highest BCUT2D eigenvalue weighted by Gasteiger charge is 2.32. The first-order chi connectivity index (χ1) is 14.6. The summed E-state index contributed by atoms with van der Waals surface area (Å²) in [5, 5.41) is 4.67. The predicted octanol–water partition coefficient (Wildman–Crippen LogP) is 4.53. The molecule has 30 heavy (non-hydrogen) atoms. The molecule has 0 radical (unpaired) electrons. The molecule has 0 N–H and O–H groups in total. The third kappa shape index (κ3) is 4.57. The van der Waals surface area contributed by atoms with Crippen molar-refractivity contribution in [3.8, 4) is 22.9 Å². The van der Waals surface area contributed by atoms with Crippen molar-refractivity contribution in [2.45, 2.75) is 25.3 Å². The number of piperidine rings is 1. The Hall–Kier alpha value is -3.06. The van der Waals surface area contributed by atoms with E-state index in [4.69, 9.17) is 25.6 Å². The molecule has 1 aromatic heterocycles. The number of nitrogens with zero attached hydrogens (tertiary/aromatic N) is 3. The van der Waals surface area contributed by atoms with E-state index < -0.39 is 0 Å². The van der Waals surface area contributed by atoms with Crippen LogP contribution in [0.25, 0.3) is 11.4 Å². The van der Waals surface area contributed by atoms with Crippen LogP contribution in [-0.2, 0) is 4.79 Å². The Morgan fingerprint density at radius 1 is 1.20 bits per heavy atom. The average molecular weight is 428 g/mol. The number of hydrogen-bond acceptors (Lipinski definition) is 6. The van der Waals surface area contributed by atoms with Gasteiger partial charge in [0.1, 0.15) is 17.5 Å². The Morgan fingerprint density at radius 3 is 2.80 bits per heavy atom. The lowest BCUT2D eigenvalue weighted by molar-refractivity contribution is -0.138. The van der Waals surface area contributed by atoms with Crippen molar-refractivity contribution in [2.24, 2.45) is 0 Å². The molecule has 1 fully saturated rings. The lowest BCUT2D eigenvalue weighted by Crippen LogP contribution is -2.41. The van der Waals surface area contributed by atoms with Crippen LogP contribution in [-0.4, -0.2) is 41.2 Å². The van der Waals surface area contributed by atoms with Gasteiger partial charge in [-0.2, -0.15) is 4.98 Å². The molecule has 1 atom stereocenters. The van der Waals surface area contributed by atoms with Gasteiger partial charge in [0, 0.05) is 17.1 Å². The zero-order chi connectivity index (χ0) is 20.9. The minimum absolute atomic E-state index is 0.0731. The van der Waals surface area contributed by atoms with Gasteiger partial charge >= 0.3 is 0 Å². The molecule has 0 spiro atoms. The highest BCUT2D eigenvalue weighted by atomic mass is 35.5. The number of amides is 1. The second-order valence-corrected chi connectivity index (χ2v) is 7.47. The summed E-state index contributed by atoms with van der Waals surface area (Å²) in [4.78, 5) is 19.2. The van der Waals surface area contributed by atoms with Gasteiger partial charge < -0.3 is 18.9 Å². The van der Waals surface area contributed by atoms with Gasteiger partial charge in [-0.1, -0.05) is 22.8 Å². The van der Waals surface area contributed by atoms with Gasteiger partial charge in [0.15, 0.2) is 6.61 Å². The Morgan fingerprint density at radius 2 is 2.03 bits per heavy atom. The van der Waals surface area contributed by atoms with Crippen LogP contribution in [0.4, 0.5) is 0 Å². The normalized spacial score (nSPS) is 16.3. The smallest absolute Gasteiger partial charge is 0.261 e. The van der Waals surface area contributed by atoms with Crippen LogP contribution in [0.2, 0.25) is 5.02 Å². The van der Waals surface area contributed by atoms with E-state index in [0.29, 0.717) is 29.0 Å². The van der Waals surface area contributed by atoms with Crippen LogP contribution < -0.4 is 9.47 Å². The quantitative estimate of drug-likeness (QED) is 0.575. The number of ether oxygens (including phenoxy) is 2. The number of carbonyl (C=O) groups excluding carboxylic acids is 1. The van der Waals surface area contributed by atoms with Crippen LogP contribution in [0.1, 0.15) is 31.2 Å². The summed E-state index contributed by atoms with van der Waals surface area (Å²) in [5.74, 6) is 2.12. The minimum atomic E-state index is -0.256. The first-order valence-corrected chi connectivity index (χ1v) is 10.2. The summed E-state index contributed by atoms with van der Waals surface area (Å²) in [7, 11) is 1.62. The number of carbonyl (C=O) groups is 1. The van der Waals surface area contributed by atoms with Crippen molar-refractivity contribution in [3.63, 3.8) is 0 Å². The van der Waals surface area contributed by atoms with Crippen molar-refractivity contribution in [3.05, 3.63) is 59.4 Å². The summed E-state index contributed by atoms with van der Waals surface area (Å²) >= 11 is 5.97. The Bertz CT molecular complexity index is 1010. The van der Waals surface area contributed by atoms with Crippen LogP contribution in [0.3, 0.4) is 0 Å². The fourth-order valence-corrected chi connectivity index (χ4v) is 3.68. The lowest BCUT2D eigenvalue weighted by atomic mass is 10.0. The molecule has 1 saturated heterocycles. The summed E-state index contributed by atoms with van der Waals surface area (Å²) in [6.07, 6.45) is 2.69. The highest BCUT2D eigenvalue weighted by Crippen LogP contribution is 2.31. The van der Waals surface area contributed by atoms with E-state index in [9.17, 15) is 4.79 Å². The minimum Gasteiger partial charge on any atom is -0.497 e. The monoisotopic (exact) mass is 427 g/mol. The molecule has 0 aliphatic carbocycles. The van der Waals surface area contributed by atoms with E-state index in [1.54, 1.807) is 36.3 Å². The largest absolute Gasteiger partial charge is 0.497 e. The number of halogens is 1. The second kappa shape index (κ2) is 9.17.